The molecule has 23 heavy (non-hydrogen) atoms. The second kappa shape index (κ2) is 6.25. The predicted octanol–water partition coefficient (Wildman–Crippen LogP) is 4.74. The summed E-state index contributed by atoms with van der Waals surface area (Å²) in [6, 6.07) is 16.3. The number of hydrogen-bond donors (Lipinski definition) is 1. The second-order valence-corrected chi connectivity index (χ2v) is 6.36. The number of fused-ring (bicyclic) bond motifs is 3. The molecule has 2 aromatic carbocycles. The minimum atomic E-state index is -0.744. The quantitative estimate of drug-likeness (QED) is 0.488. The maximum absolute atomic E-state index is 12.3. The van der Waals surface area contributed by atoms with E-state index in [1.165, 1.54) is 0 Å². The van der Waals surface area contributed by atoms with Crippen LogP contribution in [-0.4, -0.2) is 11.7 Å². The van der Waals surface area contributed by atoms with Gasteiger partial charge in [0.1, 0.15) is 0 Å². The summed E-state index contributed by atoms with van der Waals surface area (Å²) in [6.45, 7) is 5.41. The molecule has 3 heteroatoms. The van der Waals surface area contributed by atoms with Crippen LogP contribution < -0.4 is 0 Å². The predicted molar refractivity (Wildman–Crippen MR) is 96.7 cm³/mol. The van der Waals surface area contributed by atoms with Crippen LogP contribution in [0.2, 0.25) is 0 Å². The fraction of sp³-hybridized carbons (Fsp3) is 0.250. The molecule has 0 saturated heterocycles. The van der Waals surface area contributed by atoms with Gasteiger partial charge in [-0.05, 0) is 36.6 Å². The first kappa shape index (κ1) is 15.9. The lowest BCUT2D eigenvalue weighted by molar-refractivity contribution is -0.152. The molecule has 1 aliphatic carbocycles. The van der Waals surface area contributed by atoms with Crippen molar-refractivity contribution in [2.24, 2.45) is 0 Å². The first-order valence-corrected chi connectivity index (χ1v) is 8.42. The van der Waals surface area contributed by atoms with Crippen molar-refractivity contribution in [3.05, 3.63) is 71.8 Å². The zero-order chi connectivity index (χ0) is 16.4. The molecule has 0 aromatic heterocycles. The van der Waals surface area contributed by atoms with Gasteiger partial charge in [0, 0.05) is 16.7 Å². The summed E-state index contributed by atoms with van der Waals surface area (Å²) in [4.78, 5) is 12.3. The molecule has 0 N–H and O–H groups in total. The highest BCUT2D eigenvalue weighted by molar-refractivity contribution is 7.80. The largest absolute Gasteiger partial charge is 0.446 e. The maximum Gasteiger partial charge on any atom is 0.334 e. The van der Waals surface area contributed by atoms with Gasteiger partial charge in [0.05, 0.1) is 0 Å². The summed E-state index contributed by atoms with van der Waals surface area (Å²) in [5, 5.41) is 0. The van der Waals surface area contributed by atoms with Crippen LogP contribution in [0.25, 0.3) is 11.1 Å². The fourth-order valence-corrected chi connectivity index (χ4v) is 3.45. The van der Waals surface area contributed by atoms with Crippen LogP contribution in [0.3, 0.4) is 0 Å². The smallest absolute Gasteiger partial charge is 0.334 e. The number of esters is 1. The summed E-state index contributed by atoms with van der Waals surface area (Å²) in [7, 11) is 0. The van der Waals surface area contributed by atoms with Crippen LogP contribution in [0.5, 0.6) is 0 Å². The van der Waals surface area contributed by atoms with Crippen LogP contribution in [0.4, 0.5) is 0 Å². The van der Waals surface area contributed by atoms with E-state index in [9.17, 15) is 4.79 Å². The standard InChI is InChI=1S/C20H20O2S/c1-14(2)19(21)22-20(12-7-13-23)17-10-5-3-8-15(17)16-9-4-6-11-18(16)20/h3-6,8-11,23H,1,7,12-13H2,2H3. The molecular formula is C20H20O2S. The van der Waals surface area contributed by atoms with Crippen molar-refractivity contribution in [3.8, 4) is 11.1 Å². The van der Waals surface area contributed by atoms with E-state index in [4.69, 9.17) is 4.74 Å². The normalized spacial score (nSPS) is 14.0. The van der Waals surface area contributed by atoms with Gasteiger partial charge in [-0.25, -0.2) is 4.79 Å². The van der Waals surface area contributed by atoms with Crippen molar-refractivity contribution in [1.29, 1.82) is 0 Å². The molecule has 1 aliphatic rings. The monoisotopic (exact) mass is 324 g/mol. The van der Waals surface area contributed by atoms with Gasteiger partial charge >= 0.3 is 5.97 Å². The van der Waals surface area contributed by atoms with Crippen LogP contribution >= 0.6 is 12.6 Å². The molecule has 0 unspecified atom stereocenters. The highest BCUT2D eigenvalue weighted by atomic mass is 32.1. The molecule has 0 fully saturated rings. The summed E-state index contributed by atoms with van der Waals surface area (Å²) < 4.78 is 6.04. The minimum Gasteiger partial charge on any atom is -0.446 e. The Morgan fingerprint density at radius 2 is 1.61 bits per heavy atom. The molecular weight excluding hydrogens is 304 g/mol. The molecule has 0 atom stereocenters. The second-order valence-electron chi connectivity index (χ2n) is 5.92. The molecule has 0 bridgehead atoms. The molecule has 3 rings (SSSR count). The molecule has 0 saturated carbocycles. The van der Waals surface area contributed by atoms with E-state index in [1.807, 2.05) is 24.3 Å². The van der Waals surface area contributed by atoms with Crippen molar-refractivity contribution >= 4 is 18.6 Å². The Morgan fingerprint density at radius 1 is 1.09 bits per heavy atom. The van der Waals surface area contributed by atoms with E-state index in [-0.39, 0.29) is 5.97 Å². The first-order chi connectivity index (χ1) is 11.1. The van der Waals surface area contributed by atoms with Crippen molar-refractivity contribution in [1.82, 2.24) is 0 Å². The average molecular weight is 324 g/mol. The third-order valence-corrected chi connectivity index (χ3v) is 4.63. The van der Waals surface area contributed by atoms with Gasteiger partial charge in [-0.2, -0.15) is 12.6 Å². The minimum absolute atomic E-state index is 0.351. The zero-order valence-corrected chi connectivity index (χ0v) is 14.1. The molecule has 0 aliphatic heterocycles. The maximum atomic E-state index is 12.3. The van der Waals surface area contributed by atoms with E-state index in [2.05, 4.69) is 43.5 Å². The van der Waals surface area contributed by atoms with E-state index < -0.39 is 5.60 Å². The number of carbonyl (C=O) groups is 1. The van der Waals surface area contributed by atoms with Crippen molar-refractivity contribution in [2.75, 3.05) is 5.75 Å². The summed E-state index contributed by atoms with van der Waals surface area (Å²) in [5.74, 6) is 0.396. The summed E-state index contributed by atoms with van der Waals surface area (Å²) in [5.41, 5.74) is 4.05. The highest BCUT2D eigenvalue weighted by Gasteiger charge is 2.45. The Hall–Kier alpha value is -2.00. The van der Waals surface area contributed by atoms with Crippen LogP contribution in [0.1, 0.15) is 30.9 Å². The topological polar surface area (TPSA) is 26.3 Å². The van der Waals surface area contributed by atoms with Gasteiger partial charge in [0.25, 0.3) is 0 Å². The van der Waals surface area contributed by atoms with Gasteiger partial charge in [-0.3, -0.25) is 0 Å². The van der Waals surface area contributed by atoms with Gasteiger partial charge < -0.3 is 4.74 Å². The van der Waals surface area contributed by atoms with Gasteiger partial charge in [0.15, 0.2) is 5.60 Å². The lowest BCUT2D eigenvalue weighted by Crippen LogP contribution is -2.32. The number of thiol groups is 1. The fourth-order valence-electron chi connectivity index (χ4n) is 3.29. The van der Waals surface area contributed by atoms with Gasteiger partial charge in [-0.1, -0.05) is 55.1 Å². The Bertz CT molecular complexity index is 718. The van der Waals surface area contributed by atoms with E-state index in [1.54, 1.807) is 6.92 Å². The molecule has 0 spiro atoms. The Labute approximate surface area is 142 Å². The molecule has 0 heterocycles. The SMILES string of the molecule is C=C(C)C(=O)OC1(CCCS)c2ccccc2-c2ccccc21. The Kier molecular flexibility index (Phi) is 4.31. The Balaban J connectivity index is 2.21. The summed E-state index contributed by atoms with van der Waals surface area (Å²) >= 11 is 4.34. The highest BCUT2D eigenvalue weighted by Crippen LogP contribution is 2.52. The number of benzene rings is 2. The van der Waals surface area contributed by atoms with Crippen molar-refractivity contribution < 1.29 is 9.53 Å². The van der Waals surface area contributed by atoms with E-state index in [0.29, 0.717) is 12.0 Å². The molecule has 2 aromatic rings. The van der Waals surface area contributed by atoms with E-state index in [0.717, 1.165) is 34.4 Å². The summed E-state index contributed by atoms with van der Waals surface area (Å²) in [6.07, 6.45) is 1.57. The van der Waals surface area contributed by atoms with Crippen LogP contribution in [-0.2, 0) is 15.1 Å². The van der Waals surface area contributed by atoms with Crippen LogP contribution in [0.15, 0.2) is 60.7 Å². The molecule has 0 amide bonds. The first-order valence-electron chi connectivity index (χ1n) is 7.79. The Morgan fingerprint density at radius 3 is 2.09 bits per heavy atom. The lowest BCUT2D eigenvalue weighted by atomic mass is 9.86. The van der Waals surface area contributed by atoms with Gasteiger partial charge in [0.2, 0.25) is 0 Å². The third-order valence-electron chi connectivity index (χ3n) is 4.32. The number of hydrogen-bond acceptors (Lipinski definition) is 3. The lowest BCUT2D eigenvalue weighted by Gasteiger charge is -2.32. The number of carbonyl (C=O) groups excluding carboxylic acids is 1. The molecule has 2 nitrogen and oxygen atoms in total. The van der Waals surface area contributed by atoms with E-state index >= 15 is 0 Å². The van der Waals surface area contributed by atoms with Crippen molar-refractivity contribution in [3.63, 3.8) is 0 Å². The van der Waals surface area contributed by atoms with Crippen molar-refractivity contribution in [2.45, 2.75) is 25.4 Å². The van der Waals surface area contributed by atoms with Crippen LogP contribution in [0, 0.1) is 0 Å². The molecule has 0 radical (unpaired) electrons. The molecule has 118 valence electrons. The number of ether oxygens (including phenoxy) is 1. The zero-order valence-electron chi connectivity index (χ0n) is 13.2. The average Bonchev–Trinajstić information content (AvgIpc) is 2.84. The van der Waals surface area contributed by atoms with Gasteiger partial charge in [-0.15, -0.1) is 0 Å². The number of rotatable bonds is 5. The third kappa shape index (κ3) is 2.59.